The van der Waals surface area contributed by atoms with Gasteiger partial charge in [-0.2, -0.15) is 0 Å². The minimum absolute atomic E-state index is 0.350. The van der Waals surface area contributed by atoms with Gasteiger partial charge in [-0.15, -0.1) is 0 Å². The number of benzene rings is 1. The first-order valence-corrected chi connectivity index (χ1v) is 5.08. The van der Waals surface area contributed by atoms with Gasteiger partial charge in [0.25, 0.3) is 0 Å². The predicted octanol–water partition coefficient (Wildman–Crippen LogP) is 2.36. The Morgan fingerprint density at radius 3 is 2.92 bits per heavy atom. The van der Waals surface area contributed by atoms with Crippen LogP contribution in [-0.2, 0) is 16.1 Å². The van der Waals surface area contributed by atoms with Crippen LogP contribution in [0.3, 0.4) is 0 Å². The van der Waals surface area contributed by atoms with Crippen LogP contribution in [0.25, 0.3) is 0 Å². The highest BCUT2D eigenvalue weighted by Crippen LogP contribution is 2.17. The van der Waals surface area contributed by atoms with Gasteiger partial charge in [0.2, 0.25) is 0 Å². The third kappa shape index (κ3) is 2.79. The van der Waals surface area contributed by atoms with Crippen molar-refractivity contribution < 1.29 is 9.47 Å². The molecule has 1 aliphatic rings. The summed E-state index contributed by atoms with van der Waals surface area (Å²) in [4.78, 5) is 0. The molecule has 1 fully saturated rings. The van der Waals surface area contributed by atoms with Crippen molar-refractivity contribution in [2.24, 2.45) is 0 Å². The predicted molar refractivity (Wildman–Crippen MR) is 53.5 cm³/mol. The second-order valence-electron chi connectivity index (χ2n) is 3.06. The van der Waals surface area contributed by atoms with E-state index in [-0.39, 0.29) is 0 Å². The van der Waals surface area contributed by atoms with E-state index in [1.165, 1.54) is 5.56 Å². The van der Waals surface area contributed by atoms with Crippen LogP contribution in [0.2, 0.25) is 0 Å². The fourth-order valence-corrected chi connectivity index (χ4v) is 1.48. The van der Waals surface area contributed by atoms with Gasteiger partial charge in [-0.3, -0.25) is 0 Å². The van der Waals surface area contributed by atoms with Gasteiger partial charge in [0.05, 0.1) is 19.8 Å². The molecule has 70 valence electrons. The fraction of sp³-hybridized carbons (Fsp3) is 0.400. The van der Waals surface area contributed by atoms with Crippen LogP contribution in [0.15, 0.2) is 28.7 Å². The van der Waals surface area contributed by atoms with Crippen LogP contribution in [0.1, 0.15) is 5.56 Å². The minimum atomic E-state index is 0.350. The molecule has 1 aliphatic heterocycles. The van der Waals surface area contributed by atoms with Crippen molar-refractivity contribution >= 4 is 15.9 Å². The summed E-state index contributed by atoms with van der Waals surface area (Å²) in [5.41, 5.74) is 1.18. The first-order chi connectivity index (χ1) is 6.36. The third-order valence-corrected chi connectivity index (χ3v) is 2.70. The molecular weight excluding hydrogens is 232 g/mol. The van der Waals surface area contributed by atoms with Crippen molar-refractivity contribution in [1.82, 2.24) is 0 Å². The normalized spacial score (nSPS) is 20.2. The molecule has 0 radical (unpaired) electrons. The molecule has 1 aromatic carbocycles. The zero-order chi connectivity index (χ0) is 9.10. The van der Waals surface area contributed by atoms with Gasteiger partial charge in [-0.05, 0) is 11.6 Å². The lowest BCUT2D eigenvalue weighted by Crippen LogP contribution is -2.01. The van der Waals surface area contributed by atoms with Gasteiger partial charge in [0, 0.05) is 4.47 Å². The summed E-state index contributed by atoms with van der Waals surface area (Å²) in [7, 11) is 0. The van der Waals surface area contributed by atoms with Gasteiger partial charge in [-0.25, -0.2) is 0 Å². The molecule has 0 aromatic heterocycles. The van der Waals surface area contributed by atoms with Crippen LogP contribution in [0.4, 0.5) is 0 Å². The van der Waals surface area contributed by atoms with E-state index in [0.717, 1.165) is 11.1 Å². The second kappa shape index (κ2) is 4.22. The quantitative estimate of drug-likeness (QED) is 0.757. The van der Waals surface area contributed by atoms with E-state index in [0.29, 0.717) is 19.3 Å². The largest absolute Gasteiger partial charge is 0.374 e. The Balaban J connectivity index is 1.82. The Kier molecular flexibility index (Phi) is 2.98. The zero-order valence-electron chi connectivity index (χ0n) is 7.20. The van der Waals surface area contributed by atoms with E-state index in [9.17, 15) is 0 Å². The molecule has 1 atom stereocenters. The molecule has 3 heteroatoms. The summed E-state index contributed by atoms with van der Waals surface area (Å²) < 4.78 is 11.6. The van der Waals surface area contributed by atoms with Crippen LogP contribution >= 0.6 is 15.9 Å². The molecule has 0 aliphatic carbocycles. The Morgan fingerprint density at radius 2 is 2.23 bits per heavy atom. The van der Waals surface area contributed by atoms with Crippen LogP contribution in [0.5, 0.6) is 0 Å². The van der Waals surface area contributed by atoms with Crippen molar-refractivity contribution in [3.63, 3.8) is 0 Å². The van der Waals surface area contributed by atoms with Crippen molar-refractivity contribution in [2.45, 2.75) is 12.7 Å². The van der Waals surface area contributed by atoms with E-state index >= 15 is 0 Å². The van der Waals surface area contributed by atoms with Gasteiger partial charge in [-0.1, -0.05) is 34.1 Å². The highest BCUT2D eigenvalue weighted by atomic mass is 79.9. The van der Waals surface area contributed by atoms with E-state index in [4.69, 9.17) is 9.47 Å². The van der Waals surface area contributed by atoms with E-state index in [1.807, 2.05) is 18.2 Å². The molecule has 0 N–H and O–H groups in total. The maximum Gasteiger partial charge on any atom is 0.104 e. The molecule has 1 saturated heterocycles. The summed E-state index contributed by atoms with van der Waals surface area (Å²) >= 11 is 3.47. The smallest absolute Gasteiger partial charge is 0.104 e. The molecule has 1 heterocycles. The maximum atomic E-state index is 5.47. The van der Waals surface area contributed by atoms with Crippen molar-refractivity contribution in [3.8, 4) is 0 Å². The van der Waals surface area contributed by atoms with Gasteiger partial charge < -0.3 is 9.47 Å². The number of ether oxygens (including phenoxy) is 2. The van der Waals surface area contributed by atoms with Gasteiger partial charge in [0.1, 0.15) is 6.10 Å². The second-order valence-corrected chi connectivity index (χ2v) is 3.92. The number of hydrogen-bond acceptors (Lipinski definition) is 2. The molecule has 2 rings (SSSR count). The Morgan fingerprint density at radius 1 is 1.46 bits per heavy atom. The number of hydrogen-bond donors (Lipinski definition) is 0. The van der Waals surface area contributed by atoms with Crippen molar-refractivity contribution in [2.75, 3.05) is 13.2 Å². The molecule has 13 heavy (non-hydrogen) atoms. The van der Waals surface area contributed by atoms with E-state index in [2.05, 4.69) is 22.0 Å². The molecule has 0 bridgehead atoms. The Hall–Kier alpha value is -0.380. The molecule has 0 spiro atoms. The first kappa shape index (κ1) is 9.19. The first-order valence-electron chi connectivity index (χ1n) is 4.29. The SMILES string of the molecule is Brc1ccccc1COC[C@H]1CO1. The maximum absolute atomic E-state index is 5.47. The molecule has 0 unspecified atom stereocenters. The van der Waals surface area contributed by atoms with Gasteiger partial charge in [0.15, 0.2) is 0 Å². The highest BCUT2D eigenvalue weighted by Gasteiger charge is 2.22. The molecular formula is C10H11BrO2. The molecule has 0 amide bonds. The summed E-state index contributed by atoms with van der Waals surface area (Å²) in [6.07, 6.45) is 0.350. The number of rotatable bonds is 4. The third-order valence-electron chi connectivity index (χ3n) is 1.92. The summed E-state index contributed by atoms with van der Waals surface area (Å²) in [6.45, 7) is 2.22. The summed E-state index contributed by atoms with van der Waals surface area (Å²) in [5.74, 6) is 0. The monoisotopic (exact) mass is 242 g/mol. The van der Waals surface area contributed by atoms with Crippen molar-refractivity contribution in [1.29, 1.82) is 0 Å². The van der Waals surface area contributed by atoms with E-state index in [1.54, 1.807) is 0 Å². The van der Waals surface area contributed by atoms with Crippen LogP contribution in [0, 0.1) is 0 Å². The lowest BCUT2D eigenvalue weighted by molar-refractivity contribution is 0.104. The fourth-order valence-electron chi connectivity index (χ4n) is 1.08. The number of epoxide rings is 1. The number of halogens is 1. The molecule has 2 nitrogen and oxygen atoms in total. The van der Waals surface area contributed by atoms with Gasteiger partial charge >= 0.3 is 0 Å². The summed E-state index contributed by atoms with van der Waals surface area (Å²) in [5, 5.41) is 0. The van der Waals surface area contributed by atoms with Crippen LogP contribution in [-0.4, -0.2) is 19.3 Å². The standard InChI is InChI=1S/C10H11BrO2/c11-10-4-2-1-3-8(10)5-12-6-9-7-13-9/h1-4,9H,5-7H2/t9-/m0/s1. The highest BCUT2D eigenvalue weighted by molar-refractivity contribution is 9.10. The lowest BCUT2D eigenvalue weighted by Gasteiger charge is -2.04. The van der Waals surface area contributed by atoms with Crippen LogP contribution < -0.4 is 0 Å². The minimum Gasteiger partial charge on any atom is -0.374 e. The van der Waals surface area contributed by atoms with Crippen molar-refractivity contribution in [3.05, 3.63) is 34.3 Å². The summed E-state index contributed by atoms with van der Waals surface area (Å²) in [6, 6.07) is 8.08. The average Bonchev–Trinajstić information content (AvgIpc) is 2.92. The average molecular weight is 243 g/mol. The molecule has 1 aromatic rings. The Labute approximate surface area is 86.0 Å². The Bertz CT molecular complexity index is 284. The lowest BCUT2D eigenvalue weighted by atomic mass is 10.2. The zero-order valence-corrected chi connectivity index (χ0v) is 8.79. The molecule has 0 saturated carbocycles. The topological polar surface area (TPSA) is 21.8 Å². The van der Waals surface area contributed by atoms with E-state index < -0.39 is 0 Å².